The fraction of sp³-hybridized carbons (Fsp3) is 0.538. The Morgan fingerprint density at radius 1 is 1.29 bits per heavy atom. The molecule has 0 aliphatic carbocycles. The SMILES string of the molecule is CC1(C)OCC(NCc2ccccc2F)CO1. The summed E-state index contributed by atoms with van der Waals surface area (Å²) in [4.78, 5) is 0. The monoisotopic (exact) mass is 239 g/mol. The molecule has 1 N–H and O–H groups in total. The largest absolute Gasteiger partial charge is 0.349 e. The average molecular weight is 239 g/mol. The van der Waals surface area contributed by atoms with E-state index in [1.165, 1.54) is 6.07 Å². The number of benzene rings is 1. The standard InChI is InChI=1S/C13H18FNO2/c1-13(2)16-8-11(9-17-13)15-7-10-5-3-4-6-12(10)14/h3-6,11,15H,7-9H2,1-2H3. The predicted molar refractivity (Wildman–Crippen MR) is 63.0 cm³/mol. The molecule has 1 saturated heterocycles. The van der Waals surface area contributed by atoms with Gasteiger partial charge >= 0.3 is 0 Å². The summed E-state index contributed by atoms with van der Waals surface area (Å²) in [6, 6.07) is 6.87. The van der Waals surface area contributed by atoms with Crippen LogP contribution in [0, 0.1) is 5.82 Å². The molecule has 1 aromatic rings. The second-order valence-electron chi connectivity index (χ2n) is 4.69. The van der Waals surface area contributed by atoms with Gasteiger partial charge in [-0.05, 0) is 19.9 Å². The van der Waals surface area contributed by atoms with Gasteiger partial charge < -0.3 is 14.8 Å². The molecule has 4 heteroatoms. The van der Waals surface area contributed by atoms with Gasteiger partial charge in [-0.25, -0.2) is 4.39 Å². The number of hydrogen-bond donors (Lipinski definition) is 1. The average Bonchev–Trinajstić information content (AvgIpc) is 2.30. The van der Waals surface area contributed by atoms with Gasteiger partial charge in [0.15, 0.2) is 5.79 Å². The smallest absolute Gasteiger partial charge is 0.162 e. The molecule has 0 saturated carbocycles. The molecule has 0 bridgehead atoms. The molecule has 0 atom stereocenters. The van der Waals surface area contributed by atoms with Crippen molar-refractivity contribution in [1.82, 2.24) is 5.32 Å². The number of ether oxygens (including phenoxy) is 2. The van der Waals surface area contributed by atoms with Crippen LogP contribution in [-0.4, -0.2) is 25.0 Å². The van der Waals surface area contributed by atoms with Crippen LogP contribution >= 0.6 is 0 Å². The van der Waals surface area contributed by atoms with E-state index >= 15 is 0 Å². The van der Waals surface area contributed by atoms with Gasteiger partial charge in [0.25, 0.3) is 0 Å². The van der Waals surface area contributed by atoms with Crippen LogP contribution in [0.2, 0.25) is 0 Å². The van der Waals surface area contributed by atoms with Crippen molar-refractivity contribution in [3.63, 3.8) is 0 Å². The number of rotatable bonds is 3. The molecule has 1 fully saturated rings. The molecule has 0 radical (unpaired) electrons. The molecule has 1 aliphatic rings. The van der Waals surface area contributed by atoms with Crippen molar-refractivity contribution in [3.05, 3.63) is 35.6 Å². The Balaban J connectivity index is 1.82. The number of hydrogen-bond acceptors (Lipinski definition) is 3. The van der Waals surface area contributed by atoms with Gasteiger partial charge in [-0.15, -0.1) is 0 Å². The predicted octanol–water partition coefficient (Wildman–Crippen LogP) is 2.07. The van der Waals surface area contributed by atoms with E-state index < -0.39 is 5.79 Å². The van der Waals surface area contributed by atoms with Crippen LogP contribution in [0.4, 0.5) is 4.39 Å². The Bertz CT molecular complexity index is 371. The molecule has 0 aromatic heterocycles. The van der Waals surface area contributed by atoms with Crippen molar-refractivity contribution < 1.29 is 13.9 Å². The molecular formula is C13H18FNO2. The minimum absolute atomic E-state index is 0.114. The summed E-state index contributed by atoms with van der Waals surface area (Å²) in [7, 11) is 0. The zero-order valence-electron chi connectivity index (χ0n) is 10.2. The lowest BCUT2D eigenvalue weighted by atomic mass is 10.2. The normalized spacial score (nSPS) is 20.4. The summed E-state index contributed by atoms with van der Waals surface area (Å²) in [5, 5.41) is 3.23. The Hall–Kier alpha value is -0.970. The van der Waals surface area contributed by atoms with Crippen molar-refractivity contribution in [2.45, 2.75) is 32.2 Å². The summed E-state index contributed by atoms with van der Waals surface area (Å²) >= 11 is 0. The van der Waals surface area contributed by atoms with Crippen LogP contribution in [0.25, 0.3) is 0 Å². The third-order valence-corrected chi connectivity index (χ3v) is 2.80. The van der Waals surface area contributed by atoms with Crippen molar-refractivity contribution >= 4 is 0 Å². The molecular weight excluding hydrogens is 221 g/mol. The fourth-order valence-electron chi connectivity index (χ4n) is 1.71. The van der Waals surface area contributed by atoms with Crippen molar-refractivity contribution in [1.29, 1.82) is 0 Å². The topological polar surface area (TPSA) is 30.5 Å². The quantitative estimate of drug-likeness (QED) is 0.876. The maximum absolute atomic E-state index is 13.4. The third kappa shape index (κ3) is 3.49. The molecule has 0 spiro atoms. The Labute approximate surface area is 101 Å². The Morgan fingerprint density at radius 3 is 2.59 bits per heavy atom. The van der Waals surface area contributed by atoms with E-state index in [9.17, 15) is 4.39 Å². The van der Waals surface area contributed by atoms with E-state index in [2.05, 4.69) is 5.32 Å². The van der Waals surface area contributed by atoms with Gasteiger partial charge in [0.2, 0.25) is 0 Å². The first-order chi connectivity index (χ1) is 8.07. The lowest BCUT2D eigenvalue weighted by molar-refractivity contribution is -0.253. The number of nitrogens with one attached hydrogen (secondary N) is 1. The highest BCUT2D eigenvalue weighted by Crippen LogP contribution is 2.17. The summed E-state index contributed by atoms with van der Waals surface area (Å²) in [5.74, 6) is -0.686. The first kappa shape index (κ1) is 12.5. The minimum Gasteiger partial charge on any atom is -0.349 e. The molecule has 2 rings (SSSR count). The zero-order valence-corrected chi connectivity index (χ0v) is 10.2. The van der Waals surface area contributed by atoms with Crippen LogP contribution in [0.15, 0.2) is 24.3 Å². The van der Waals surface area contributed by atoms with Gasteiger partial charge in [-0.2, -0.15) is 0 Å². The van der Waals surface area contributed by atoms with Crippen molar-refractivity contribution in [3.8, 4) is 0 Å². The van der Waals surface area contributed by atoms with Gasteiger partial charge in [0.05, 0.1) is 19.3 Å². The molecule has 94 valence electrons. The summed E-state index contributed by atoms with van der Waals surface area (Å²) < 4.78 is 24.4. The Kier molecular flexibility index (Phi) is 3.76. The first-order valence-corrected chi connectivity index (χ1v) is 5.81. The van der Waals surface area contributed by atoms with Crippen LogP contribution in [0.1, 0.15) is 19.4 Å². The maximum atomic E-state index is 13.4. The second kappa shape index (κ2) is 5.12. The van der Waals surface area contributed by atoms with E-state index in [0.29, 0.717) is 25.3 Å². The van der Waals surface area contributed by atoms with E-state index in [1.807, 2.05) is 19.9 Å². The molecule has 17 heavy (non-hydrogen) atoms. The van der Waals surface area contributed by atoms with Crippen LogP contribution < -0.4 is 5.32 Å². The molecule has 1 aromatic carbocycles. The number of halogens is 1. The van der Waals surface area contributed by atoms with Crippen LogP contribution in [-0.2, 0) is 16.0 Å². The summed E-state index contributed by atoms with van der Waals surface area (Å²) in [6.07, 6.45) is 0. The van der Waals surface area contributed by atoms with Gasteiger partial charge in [-0.1, -0.05) is 18.2 Å². The van der Waals surface area contributed by atoms with Crippen molar-refractivity contribution in [2.24, 2.45) is 0 Å². The third-order valence-electron chi connectivity index (χ3n) is 2.80. The van der Waals surface area contributed by atoms with Gasteiger partial charge in [0.1, 0.15) is 5.82 Å². The highest BCUT2D eigenvalue weighted by Gasteiger charge is 2.27. The first-order valence-electron chi connectivity index (χ1n) is 5.81. The molecule has 1 aliphatic heterocycles. The molecule has 0 amide bonds. The minimum atomic E-state index is -0.504. The van der Waals surface area contributed by atoms with E-state index in [1.54, 1.807) is 12.1 Å². The lowest BCUT2D eigenvalue weighted by Crippen LogP contribution is -2.48. The van der Waals surface area contributed by atoms with Gasteiger partial charge in [0, 0.05) is 12.1 Å². The summed E-state index contributed by atoms with van der Waals surface area (Å²) in [5.41, 5.74) is 0.664. The van der Waals surface area contributed by atoms with E-state index in [-0.39, 0.29) is 11.9 Å². The Morgan fingerprint density at radius 2 is 1.94 bits per heavy atom. The lowest BCUT2D eigenvalue weighted by Gasteiger charge is -2.35. The van der Waals surface area contributed by atoms with Gasteiger partial charge in [-0.3, -0.25) is 0 Å². The molecule has 0 unspecified atom stereocenters. The molecule has 1 heterocycles. The fourth-order valence-corrected chi connectivity index (χ4v) is 1.71. The highest BCUT2D eigenvalue weighted by atomic mass is 19.1. The highest BCUT2D eigenvalue weighted by molar-refractivity contribution is 5.17. The van der Waals surface area contributed by atoms with Crippen LogP contribution in [0.3, 0.4) is 0 Å². The van der Waals surface area contributed by atoms with Crippen molar-refractivity contribution in [2.75, 3.05) is 13.2 Å². The summed E-state index contributed by atoms with van der Waals surface area (Å²) in [6.45, 7) is 5.44. The van der Waals surface area contributed by atoms with E-state index in [4.69, 9.17) is 9.47 Å². The van der Waals surface area contributed by atoms with E-state index in [0.717, 1.165) is 0 Å². The second-order valence-corrected chi connectivity index (χ2v) is 4.69. The van der Waals surface area contributed by atoms with Crippen LogP contribution in [0.5, 0.6) is 0 Å². The molecule has 3 nitrogen and oxygen atoms in total. The maximum Gasteiger partial charge on any atom is 0.162 e. The zero-order chi connectivity index (χ0) is 12.3.